The van der Waals surface area contributed by atoms with Crippen LogP contribution in [-0.4, -0.2) is 177 Å². The lowest BCUT2D eigenvalue weighted by atomic mass is 9.62. The van der Waals surface area contributed by atoms with Crippen molar-refractivity contribution in [1.29, 1.82) is 0 Å². The predicted octanol–water partition coefficient (Wildman–Crippen LogP) is 15.5. The summed E-state index contributed by atoms with van der Waals surface area (Å²) in [6.07, 6.45) is 30.2. The molecule has 0 unspecified atom stereocenters. The number of nitrogens with one attached hydrogen (secondary N) is 2. The van der Waals surface area contributed by atoms with E-state index in [9.17, 15) is 9.90 Å². The molecule has 4 aliphatic rings. The van der Waals surface area contributed by atoms with E-state index in [4.69, 9.17) is 60.0 Å². The molecule has 1 saturated heterocycles. The molecule has 12 heterocycles. The fourth-order valence-corrected chi connectivity index (χ4v) is 16.4. The van der Waals surface area contributed by atoms with Crippen LogP contribution in [-0.2, 0) is 44.8 Å². The van der Waals surface area contributed by atoms with Crippen molar-refractivity contribution in [3.63, 3.8) is 0 Å². The second-order valence-electron chi connectivity index (χ2n) is 34.5. The second-order valence-corrected chi connectivity index (χ2v) is 34.5. The molecule has 678 valence electrons. The lowest BCUT2D eigenvalue weighted by Crippen LogP contribution is -2.38. The number of anilines is 6. The number of benzene rings is 4. The maximum absolute atomic E-state index is 12.0. The molecular formula is C97H113N27O7. The number of amides is 1. The number of nitrogens with zero attached hydrogens (tertiary/aromatic N) is 22. The first-order valence-electron chi connectivity index (χ1n) is 44.4. The molecule has 4 fully saturated rings. The summed E-state index contributed by atoms with van der Waals surface area (Å²) in [5.41, 5.74) is 30.3. The number of rotatable bonds is 27. The number of aromatic nitrogens is 20. The van der Waals surface area contributed by atoms with Crippen molar-refractivity contribution < 1.29 is 32.7 Å². The monoisotopic (exact) mass is 1770 g/mol. The molecule has 3 saturated carbocycles. The number of aryl methyl sites for hydroxylation is 1. The fraction of sp³-hybridized carbons (Fsp3) is 0.371. The van der Waals surface area contributed by atoms with Crippen LogP contribution in [0.3, 0.4) is 0 Å². The van der Waals surface area contributed by atoms with Crippen molar-refractivity contribution >= 4 is 41.3 Å². The zero-order valence-electron chi connectivity index (χ0n) is 76.2. The predicted molar refractivity (Wildman–Crippen MR) is 500 cm³/mol. The Kier molecular flexibility index (Phi) is 28.0. The molecule has 15 aromatic rings. The van der Waals surface area contributed by atoms with Crippen LogP contribution in [0, 0.1) is 23.7 Å². The molecule has 3 aliphatic carbocycles. The van der Waals surface area contributed by atoms with Crippen molar-refractivity contribution in [3.8, 4) is 79.0 Å². The van der Waals surface area contributed by atoms with Crippen LogP contribution in [0.25, 0.3) is 79.0 Å². The Hall–Kier alpha value is -14.4. The summed E-state index contributed by atoms with van der Waals surface area (Å²) in [6.45, 7) is 19.9. The summed E-state index contributed by atoms with van der Waals surface area (Å²) in [4.78, 5) is 68.3. The molecule has 4 aromatic carbocycles. The second kappa shape index (κ2) is 40.1. The van der Waals surface area contributed by atoms with Crippen LogP contribution in [0.1, 0.15) is 159 Å². The van der Waals surface area contributed by atoms with E-state index < -0.39 is 5.41 Å². The van der Waals surface area contributed by atoms with E-state index in [2.05, 4.69) is 219 Å². The van der Waals surface area contributed by atoms with Gasteiger partial charge in [0, 0.05) is 127 Å². The van der Waals surface area contributed by atoms with Gasteiger partial charge in [-0.25, -0.2) is 39.9 Å². The summed E-state index contributed by atoms with van der Waals surface area (Å²) in [5, 5.41) is 41.9. The number of nitrogen functional groups attached to an aromatic ring is 3. The number of carbonyl (C=O) groups excluding carboxylic acids is 1. The number of piperidine rings is 1. The average molecular weight is 1770 g/mol. The van der Waals surface area contributed by atoms with Gasteiger partial charge < -0.3 is 65.6 Å². The van der Waals surface area contributed by atoms with E-state index in [-0.39, 0.29) is 52.6 Å². The zero-order valence-corrected chi connectivity index (χ0v) is 76.2. The van der Waals surface area contributed by atoms with Gasteiger partial charge in [0.1, 0.15) is 29.7 Å². The van der Waals surface area contributed by atoms with Gasteiger partial charge in [-0.2, -0.15) is 30.1 Å². The third-order valence-corrected chi connectivity index (χ3v) is 25.7. The van der Waals surface area contributed by atoms with E-state index in [1.54, 1.807) is 92.5 Å². The normalized spacial score (nSPS) is 15.6. The number of aliphatic hydroxyl groups excluding tert-OH is 1. The Morgan fingerprint density at radius 2 is 0.931 bits per heavy atom. The molecule has 0 radical (unpaired) electrons. The van der Waals surface area contributed by atoms with Gasteiger partial charge in [0.25, 0.3) is 17.7 Å². The first-order chi connectivity index (χ1) is 63.4. The molecule has 1 amide bonds. The van der Waals surface area contributed by atoms with Crippen molar-refractivity contribution in [3.05, 3.63) is 241 Å². The van der Waals surface area contributed by atoms with Gasteiger partial charge in [-0.1, -0.05) is 152 Å². The first-order valence-corrected chi connectivity index (χ1v) is 44.4. The maximum Gasteiger partial charge on any atom is 0.324 e. The Morgan fingerprint density at radius 1 is 0.489 bits per heavy atom. The molecule has 0 bridgehead atoms. The van der Waals surface area contributed by atoms with Gasteiger partial charge in [0.15, 0.2) is 23.3 Å². The molecule has 4 atom stereocenters. The van der Waals surface area contributed by atoms with Gasteiger partial charge in [-0.15, -0.1) is 0 Å². The molecule has 1 aliphatic heterocycles. The standard InChI is InChI=1S/C26H29N7O2.C24H28N8O2.C23H27N5O2.C22H23N7O.C2H6/c1-26(21-10-11-21,20-8-5-17(6-9-20)18-7-12-22(27-2)28-13-18)25-30-24(35-31-25)19-14-29-33(15-19)16-23(34)32(3)4;1-15(2)24(3,18-7-5-16(6-8-18)17-11-29-23(25)30-12-17)22-31-21(34-32-22)19-13-28-20(14-27-19)26-9-10-33-4;1-23(18-7-8-18,21-26-22(30-27-21)28-12-10-19(29)11-13-28)17-5-2-15(3-6-17)16-4-9-20(24)25-14-16;1-22(17-4-3-5-17,20-27-19(30-28-20)16-12-26-29(2)13-16)18-8-6-14(7-9-18)15-10-24-21(23)25-11-15;1-2/h5-9,12-15,21H,10-11,16H2,1-4H3,(H,27,28);5-8,11-15H,9-10H2,1-4H3,(H,26,28)(H2,25,29,30);2-6,9,14,18-19,29H,7-8,10-13H2,1H3,(H2,24,25);6-13,17H,3-5H2,1-2H3,(H2,23,24,25);1-2H3/t26-;24-;23-;22-;/m0101./s1. The number of aliphatic hydroxyl groups is 1. The third-order valence-electron chi connectivity index (χ3n) is 25.7. The Bertz CT molecular complexity index is 6200. The minimum absolute atomic E-state index is 0.0376. The van der Waals surface area contributed by atoms with Crippen LogP contribution >= 0.6 is 0 Å². The fourth-order valence-electron chi connectivity index (χ4n) is 16.4. The van der Waals surface area contributed by atoms with Crippen molar-refractivity contribution in [2.45, 2.75) is 147 Å². The SMILES string of the molecule is CC.CNc1ccc(-c2ccc([C@](C)(c3noc(-c4cnn(CC(=O)N(C)C)c4)n3)C3CC3)cc2)cn1.COCCNc1cnc(-c2nc([C@@](C)(c3ccc(-c4cnc(N)nc4)cc3)C(C)C)no2)cn1.C[C@@](c1ccc(-c2ccc(N)nc2)cc1)(c1noc(N2CCC(O)CC2)n1)C1CC1.Cn1cc(-c2nc([C@@](C)(c3ccc(-c4cnc(N)nc4)cc3)C3CCC3)no2)cn1. The lowest BCUT2D eigenvalue weighted by Gasteiger charge is -2.41. The number of pyridine rings is 2. The Labute approximate surface area is 760 Å². The third kappa shape index (κ3) is 20.4. The van der Waals surface area contributed by atoms with E-state index in [1.165, 1.54) is 35.3 Å². The number of carbonyl (C=O) groups is 1. The molecule has 11 aromatic heterocycles. The highest BCUT2D eigenvalue weighted by molar-refractivity contribution is 5.75. The molecule has 34 nitrogen and oxygen atoms in total. The molecule has 9 N–H and O–H groups in total. The summed E-state index contributed by atoms with van der Waals surface area (Å²) < 4.78 is 30.8. The van der Waals surface area contributed by atoms with E-state index in [1.807, 2.05) is 70.7 Å². The molecule has 19 rings (SSSR count). The Morgan fingerprint density at radius 3 is 1.37 bits per heavy atom. The van der Waals surface area contributed by atoms with Crippen molar-refractivity contribution in [1.82, 2.24) is 105 Å². The zero-order chi connectivity index (χ0) is 92.1. The van der Waals surface area contributed by atoms with Crippen LogP contribution in [0.2, 0.25) is 0 Å². The molecule has 34 heteroatoms. The summed E-state index contributed by atoms with van der Waals surface area (Å²) in [5.74, 6) is 8.08. The number of nitrogens with two attached hydrogens (primary N) is 3. The number of ether oxygens (including phenoxy) is 1. The highest BCUT2D eigenvalue weighted by atomic mass is 16.5. The number of hydrogen-bond donors (Lipinski definition) is 6. The smallest absolute Gasteiger partial charge is 0.324 e. The average Bonchev–Trinajstić information content (AvgIpc) is 1.62. The summed E-state index contributed by atoms with van der Waals surface area (Å²) >= 11 is 0. The Balaban J connectivity index is 0.000000133. The quantitative estimate of drug-likeness (QED) is 0.0260. The number of hydrogen-bond acceptors (Lipinski definition) is 31. The number of methoxy groups -OCH3 is 1. The van der Waals surface area contributed by atoms with Crippen molar-refractivity contribution in [2.75, 3.05) is 87.2 Å². The minimum atomic E-state index is -0.479. The molecule has 0 spiro atoms. The minimum Gasteiger partial charge on any atom is -0.393 e. The topological polar surface area (TPSA) is 450 Å². The molecule has 131 heavy (non-hydrogen) atoms. The van der Waals surface area contributed by atoms with Crippen LogP contribution < -0.4 is 32.7 Å². The van der Waals surface area contributed by atoms with Gasteiger partial charge in [0.05, 0.1) is 70.3 Å². The van der Waals surface area contributed by atoms with Crippen LogP contribution in [0.4, 0.5) is 35.4 Å². The van der Waals surface area contributed by atoms with E-state index in [0.717, 1.165) is 130 Å². The maximum atomic E-state index is 12.0. The first kappa shape index (κ1) is 91.3. The highest BCUT2D eigenvalue weighted by Crippen LogP contribution is 2.53. The molecular weight excluding hydrogens is 1660 g/mol. The summed E-state index contributed by atoms with van der Waals surface area (Å²) in [7, 11) is 8.82. The van der Waals surface area contributed by atoms with Gasteiger partial charge in [-0.05, 0) is 172 Å². The summed E-state index contributed by atoms with van der Waals surface area (Å²) in [6, 6.07) is 42.2. The van der Waals surface area contributed by atoms with Crippen LogP contribution in [0.5, 0.6) is 0 Å². The van der Waals surface area contributed by atoms with E-state index in [0.29, 0.717) is 89.1 Å². The van der Waals surface area contributed by atoms with Gasteiger partial charge in [0.2, 0.25) is 17.8 Å². The van der Waals surface area contributed by atoms with Gasteiger partial charge in [-0.3, -0.25) is 14.2 Å². The van der Waals surface area contributed by atoms with Crippen LogP contribution in [0.15, 0.2) is 214 Å². The van der Waals surface area contributed by atoms with E-state index >= 15 is 0 Å². The number of likely N-dealkylation sites (N-methyl/N-ethyl adjacent to an activating group) is 1. The lowest BCUT2D eigenvalue weighted by molar-refractivity contribution is -0.129. The largest absolute Gasteiger partial charge is 0.393 e. The van der Waals surface area contributed by atoms with Crippen molar-refractivity contribution in [2.24, 2.45) is 30.7 Å². The highest BCUT2D eigenvalue weighted by Gasteiger charge is 2.50. The van der Waals surface area contributed by atoms with Gasteiger partial charge >= 0.3 is 6.01 Å².